The van der Waals surface area contributed by atoms with Crippen LogP contribution in [0.1, 0.15) is 23.7 Å². The number of nitrogens with zero attached hydrogens (tertiary/aromatic N) is 2. The largest absolute Gasteiger partial charge is 0.379 e. The van der Waals surface area contributed by atoms with Crippen molar-refractivity contribution in [3.05, 3.63) is 29.0 Å². The number of hydrogen-bond acceptors (Lipinski definition) is 3. The van der Waals surface area contributed by atoms with Crippen molar-refractivity contribution in [1.82, 2.24) is 9.88 Å². The normalized spacial score (nSPS) is 24.1. The van der Waals surface area contributed by atoms with Crippen LogP contribution in [-0.2, 0) is 4.74 Å². The van der Waals surface area contributed by atoms with Crippen molar-refractivity contribution >= 4 is 17.5 Å². The summed E-state index contributed by atoms with van der Waals surface area (Å²) in [5.74, 6) is 0.434. The SMILES string of the molecule is COC1CN(C(=O)c2ccncc2Cl)CCC1C. The molecular formula is C13H17ClN2O2. The summed E-state index contributed by atoms with van der Waals surface area (Å²) in [6.45, 7) is 3.52. The number of piperidine rings is 1. The second kappa shape index (κ2) is 5.67. The molecule has 1 amide bonds. The van der Waals surface area contributed by atoms with E-state index in [4.69, 9.17) is 16.3 Å². The first-order valence-electron chi connectivity index (χ1n) is 6.05. The molecule has 0 spiro atoms. The molecule has 0 N–H and O–H groups in total. The van der Waals surface area contributed by atoms with Gasteiger partial charge in [0.15, 0.2) is 0 Å². The van der Waals surface area contributed by atoms with Crippen molar-refractivity contribution in [2.45, 2.75) is 19.4 Å². The van der Waals surface area contributed by atoms with Crippen molar-refractivity contribution in [2.75, 3.05) is 20.2 Å². The molecule has 2 rings (SSSR count). The van der Waals surface area contributed by atoms with Gasteiger partial charge < -0.3 is 9.64 Å². The Morgan fingerprint density at radius 3 is 3.06 bits per heavy atom. The van der Waals surface area contributed by atoms with E-state index in [1.54, 1.807) is 24.3 Å². The Labute approximate surface area is 112 Å². The molecule has 5 heteroatoms. The Hall–Kier alpha value is -1.13. The number of rotatable bonds is 2. The number of aromatic nitrogens is 1. The van der Waals surface area contributed by atoms with E-state index in [2.05, 4.69) is 11.9 Å². The Kier molecular flexibility index (Phi) is 4.19. The average molecular weight is 269 g/mol. The van der Waals surface area contributed by atoms with Gasteiger partial charge in [-0.05, 0) is 18.4 Å². The maximum absolute atomic E-state index is 12.3. The molecule has 18 heavy (non-hydrogen) atoms. The van der Waals surface area contributed by atoms with Crippen LogP contribution < -0.4 is 0 Å². The molecule has 0 radical (unpaired) electrons. The fraction of sp³-hybridized carbons (Fsp3) is 0.538. The van der Waals surface area contributed by atoms with Crippen LogP contribution >= 0.6 is 11.6 Å². The monoisotopic (exact) mass is 268 g/mol. The summed E-state index contributed by atoms with van der Waals surface area (Å²) in [4.78, 5) is 18.0. The van der Waals surface area contributed by atoms with Crippen LogP contribution in [-0.4, -0.2) is 42.1 Å². The highest BCUT2D eigenvalue weighted by atomic mass is 35.5. The standard InChI is InChI=1S/C13H17ClN2O2/c1-9-4-6-16(8-12(9)18-2)13(17)10-3-5-15-7-11(10)14/h3,5,7,9,12H,4,6,8H2,1-2H3. The molecule has 1 saturated heterocycles. The molecule has 0 bridgehead atoms. The number of ether oxygens (including phenoxy) is 1. The highest BCUT2D eigenvalue weighted by Gasteiger charge is 2.29. The van der Waals surface area contributed by atoms with E-state index in [0.717, 1.165) is 13.0 Å². The molecule has 0 aliphatic carbocycles. The zero-order valence-electron chi connectivity index (χ0n) is 10.6. The van der Waals surface area contributed by atoms with Crippen LogP contribution in [0, 0.1) is 5.92 Å². The van der Waals surface area contributed by atoms with Gasteiger partial charge >= 0.3 is 0 Å². The van der Waals surface area contributed by atoms with Crippen molar-refractivity contribution in [3.63, 3.8) is 0 Å². The number of pyridine rings is 1. The molecule has 1 aromatic heterocycles. The first-order valence-corrected chi connectivity index (χ1v) is 6.43. The molecule has 0 saturated carbocycles. The molecule has 1 aliphatic rings. The second-order valence-electron chi connectivity index (χ2n) is 4.65. The molecule has 98 valence electrons. The van der Waals surface area contributed by atoms with Crippen LogP contribution in [0.5, 0.6) is 0 Å². The van der Waals surface area contributed by atoms with Gasteiger partial charge in [0.2, 0.25) is 0 Å². The smallest absolute Gasteiger partial charge is 0.255 e. The lowest BCUT2D eigenvalue weighted by molar-refractivity contribution is -0.00156. The summed E-state index contributed by atoms with van der Waals surface area (Å²) in [5, 5.41) is 0.398. The van der Waals surface area contributed by atoms with Crippen molar-refractivity contribution in [1.29, 1.82) is 0 Å². The fourth-order valence-corrected chi connectivity index (χ4v) is 2.44. The van der Waals surface area contributed by atoms with Gasteiger partial charge in [-0.3, -0.25) is 9.78 Å². The minimum atomic E-state index is -0.0450. The van der Waals surface area contributed by atoms with E-state index in [-0.39, 0.29) is 12.0 Å². The molecule has 1 fully saturated rings. The van der Waals surface area contributed by atoms with E-state index in [0.29, 0.717) is 23.0 Å². The minimum Gasteiger partial charge on any atom is -0.379 e. The molecule has 0 aromatic carbocycles. The van der Waals surface area contributed by atoms with Gasteiger partial charge in [-0.15, -0.1) is 0 Å². The molecule has 4 nitrogen and oxygen atoms in total. The van der Waals surface area contributed by atoms with E-state index in [1.807, 2.05) is 0 Å². The van der Waals surface area contributed by atoms with Gasteiger partial charge in [-0.2, -0.15) is 0 Å². The molecule has 1 aliphatic heterocycles. The summed E-state index contributed by atoms with van der Waals surface area (Å²) >= 11 is 6.00. The number of likely N-dealkylation sites (tertiary alicyclic amines) is 1. The van der Waals surface area contributed by atoms with Crippen molar-refractivity contribution < 1.29 is 9.53 Å². The lowest BCUT2D eigenvalue weighted by atomic mass is 9.95. The van der Waals surface area contributed by atoms with Crippen LogP contribution in [0.2, 0.25) is 5.02 Å². The first kappa shape index (κ1) is 13.3. The number of amides is 1. The predicted octanol–water partition coefficient (Wildman–Crippen LogP) is 2.23. The summed E-state index contributed by atoms with van der Waals surface area (Å²) in [5.41, 5.74) is 0.510. The fourth-order valence-electron chi connectivity index (χ4n) is 2.24. The van der Waals surface area contributed by atoms with Crippen molar-refractivity contribution in [3.8, 4) is 0 Å². The van der Waals surface area contributed by atoms with Gasteiger partial charge in [0.1, 0.15) is 0 Å². The molecular weight excluding hydrogens is 252 g/mol. The van der Waals surface area contributed by atoms with Crippen LogP contribution in [0.4, 0.5) is 0 Å². The highest BCUT2D eigenvalue weighted by Crippen LogP contribution is 2.23. The Bertz CT molecular complexity index is 439. The van der Waals surface area contributed by atoms with Crippen LogP contribution in [0.15, 0.2) is 18.5 Å². The maximum atomic E-state index is 12.3. The van der Waals surface area contributed by atoms with Crippen molar-refractivity contribution in [2.24, 2.45) is 5.92 Å². The zero-order valence-corrected chi connectivity index (χ0v) is 11.4. The Morgan fingerprint density at radius 1 is 1.61 bits per heavy atom. The van der Waals surface area contributed by atoms with Gasteiger partial charge in [0.05, 0.1) is 16.7 Å². The number of halogens is 1. The van der Waals surface area contributed by atoms with E-state index in [1.165, 1.54) is 6.20 Å². The lowest BCUT2D eigenvalue weighted by Crippen LogP contribution is -2.46. The van der Waals surface area contributed by atoms with E-state index >= 15 is 0 Å². The zero-order chi connectivity index (χ0) is 13.1. The Morgan fingerprint density at radius 2 is 2.39 bits per heavy atom. The average Bonchev–Trinajstić information content (AvgIpc) is 2.39. The lowest BCUT2D eigenvalue weighted by Gasteiger charge is -2.36. The predicted molar refractivity (Wildman–Crippen MR) is 69.7 cm³/mol. The summed E-state index contributed by atoms with van der Waals surface area (Å²) in [7, 11) is 1.69. The summed E-state index contributed by atoms with van der Waals surface area (Å²) in [6.07, 6.45) is 4.13. The van der Waals surface area contributed by atoms with Crippen LogP contribution in [0.3, 0.4) is 0 Å². The van der Waals surface area contributed by atoms with Gasteiger partial charge in [0.25, 0.3) is 5.91 Å². The molecule has 2 atom stereocenters. The first-order chi connectivity index (χ1) is 8.63. The third kappa shape index (κ3) is 2.65. The van der Waals surface area contributed by atoms with E-state index < -0.39 is 0 Å². The van der Waals surface area contributed by atoms with Gasteiger partial charge in [-0.25, -0.2) is 0 Å². The summed E-state index contributed by atoms with van der Waals surface area (Å²) < 4.78 is 5.41. The number of carbonyl (C=O) groups is 1. The molecule has 2 unspecified atom stereocenters. The minimum absolute atomic E-state index is 0.0450. The third-order valence-corrected chi connectivity index (χ3v) is 3.78. The third-order valence-electron chi connectivity index (χ3n) is 3.48. The number of methoxy groups -OCH3 is 1. The Balaban J connectivity index is 2.13. The highest BCUT2D eigenvalue weighted by molar-refractivity contribution is 6.33. The quantitative estimate of drug-likeness (QED) is 0.826. The van der Waals surface area contributed by atoms with Crippen LogP contribution in [0.25, 0.3) is 0 Å². The maximum Gasteiger partial charge on any atom is 0.255 e. The number of hydrogen-bond donors (Lipinski definition) is 0. The number of carbonyl (C=O) groups excluding carboxylic acids is 1. The molecule has 2 heterocycles. The second-order valence-corrected chi connectivity index (χ2v) is 5.05. The van der Waals surface area contributed by atoms with E-state index in [9.17, 15) is 4.79 Å². The topological polar surface area (TPSA) is 42.4 Å². The van der Waals surface area contributed by atoms with Gasteiger partial charge in [-0.1, -0.05) is 18.5 Å². The molecule has 1 aromatic rings. The summed E-state index contributed by atoms with van der Waals surface area (Å²) in [6, 6.07) is 1.66. The van der Waals surface area contributed by atoms with Gasteiger partial charge in [0, 0.05) is 32.6 Å².